The average Bonchev–Trinajstić information content (AvgIpc) is 2.59. The molecule has 94 valence electrons. The van der Waals surface area contributed by atoms with Crippen LogP contribution in [0.2, 0.25) is 5.15 Å². The van der Waals surface area contributed by atoms with Gasteiger partial charge in [0.1, 0.15) is 0 Å². The zero-order valence-corrected chi connectivity index (χ0v) is 11.1. The third-order valence-corrected chi connectivity index (χ3v) is 3.95. The molecule has 1 aromatic rings. The van der Waals surface area contributed by atoms with Gasteiger partial charge in [0, 0.05) is 13.1 Å². The summed E-state index contributed by atoms with van der Waals surface area (Å²) >= 11 is 6.90. The monoisotopic (exact) mass is 276 g/mol. The first-order chi connectivity index (χ1) is 7.97. The number of hydrogen-bond acceptors (Lipinski definition) is 5. The highest BCUT2D eigenvalue weighted by molar-refractivity contribution is 7.18. The molecule has 5 nitrogen and oxygen atoms in total. The number of halogens is 1. The van der Waals surface area contributed by atoms with Crippen molar-refractivity contribution in [2.24, 2.45) is 0 Å². The molecule has 1 aliphatic rings. The molecule has 1 aromatic heterocycles. The van der Waals surface area contributed by atoms with Gasteiger partial charge in [0.2, 0.25) is 0 Å². The van der Waals surface area contributed by atoms with E-state index < -0.39 is 5.97 Å². The fourth-order valence-electron chi connectivity index (χ4n) is 1.89. The molecule has 1 N–H and O–H groups in total. The van der Waals surface area contributed by atoms with E-state index in [4.69, 9.17) is 21.4 Å². The van der Waals surface area contributed by atoms with E-state index >= 15 is 0 Å². The van der Waals surface area contributed by atoms with Crippen molar-refractivity contribution in [3.8, 4) is 0 Å². The Morgan fingerprint density at radius 2 is 2.12 bits per heavy atom. The van der Waals surface area contributed by atoms with Crippen LogP contribution in [-0.4, -0.2) is 41.4 Å². The second-order valence-electron chi connectivity index (χ2n) is 4.08. The van der Waals surface area contributed by atoms with Crippen LogP contribution < -0.4 is 4.90 Å². The molecule has 1 fully saturated rings. The van der Waals surface area contributed by atoms with Crippen LogP contribution in [0.5, 0.6) is 0 Å². The molecule has 0 bridgehead atoms. The highest BCUT2D eigenvalue weighted by Gasteiger charge is 2.26. The molecule has 2 rings (SSSR count). The fourth-order valence-corrected chi connectivity index (χ4v) is 3.03. The van der Waals surface area contributed by atoms with Gasteiger partial charge in [-0.25, -0.2) is 9.78 Å². The van der Waals surface area contributed by atoms with Gasteiger partial charge in [-0.2, -0.15) is 0 Å². The molecule has 0 aromatic carbocycles. The number of thiazole rings is 1. The Morgan fingerprint density at radius 1 is 1.53 bits per heavy atom. The lowest BCUT2D eigenvalue weighted by Gasteiger charge is -2.35. The van der Waals surface area contributed by atoms with Crippen LogP contribution >= 0.6 is 22.9 Å². The number of aromatic carboxylic acids is 1. The van der Waals surface area contributed by atoms with Crippen molar-refractivity contribution < 1.29 is 14.6 Å². The van der Waals surface area contributed by atoms with E-state index in [1.807, 2.05) is 18.7 Å². The summed E-state index contributed by atoms with van der Waals surface area (Å²) in [5.74, 6) is -1.03. The largest absolute Gasteiger partial charge is 0.477 e. The first-order valence-electron chi connectivity index (χ1n) is 5.27. The van der Waals surface area contributed by atoms with Crippen LogP contribution in [0.15, 0.2) is 0 Å². The van der Waals surface area contributed by atoms with Crippen LogP contribution in [0.1, 0.15) is 23.5 Å². The Bertz CT molecular complexity index is 427. The van der Waals surface area contributed by atoms with E-state index in [1.54, 1.807) is 0 Å². The smallest absolute Gasteiger partial charge is 0.349 e. The summed E-state index contributed by atoms with van der Waals surface area (Å²) in [6.07, 6.45) is 0.212. The van der Waals surface area contributed by atoms with Gasteiger partial charge in [0.05, 0.1) is 12.2 Å². The van der Waals surface area contributed by atoms with Crippen molar-refractivity contribution in [3.05, 3.63) is 10.0 Å². The number of hydrogen-bond donors (Lipinski definition) is 1. The Morgan fingerprint density at radius 3 is 2.59 bits per heavy atom. The number of carboxylic acid groups (broad SMARTS) is 1. The van der Waals surface area contributed by atoms with Crippen LogP contribution in [-0.2, 0) is 4.74 Å². The molecule has 1 aliphatic heterocycles. The number of carbonyl (C=O) groups is 1. The highest BCUT2D eigenvalue weighted by Crippen LogP contribution is 2.31. The number of ether oxygens (including phenoxy) is 1. The Labute approximate surface area is 108 Å². The topological polar surface area (TPSA) is 62.7 Å². The standard InChI is InChI=1S/C10H13ClN2O3S/c1-5-3-13(4-6(2)16-5)10-12-8(11)7(17-10)9(14)15/h5-6H,3-4H2,1-2H3,(H,14,15). The lowest BCUT2D eigenvalue weighted by molar-refractivity contribution is -0.00523. The summed E-state index contributed by atoms with van der Waals surface area (Å²) in [5.41, 5.74) is 0. The minimum atomic E-state index is -1.03. The van der Waals surface area contributed by atoms with Crippen LogP contribution in [0.25, 0.3) is 0 Å². The summed E-state index contributed by atoms with van der Waals surface area (Å²) < 4.78 is 5.61. The van der Waals surface area contributed by atoms with Crippen LogP contribution in [0, 0.1) is 0 Å². The average molecular weight is 277 g/mol. The number of anilines is 1. The number of morpholine rings is 1. The molecule has 2 unspecified atom stereocenters. The van der Waals surface area contributed by atoms with Crippen molar-refractivity contribution in [1.29, 1.82) is 0 Å². The first-order valence-corrected chi connectivity index (χ1v) is 6.47. The van der Waals surface area contributed by atoms with E-state index in [9.17, 15) is 4.79 Å². The second kappa shape index (κ2) is 4.80. The van der Waals surface area contributed by atoms with Gasteiger partial charge in [-0.05, 0) is 13.8 Å². The van der Waals surface area contributed by atoms with E-state index in [0.717, 1.165) is 11.3 Å². The number of carboxylic acids is 1. The molecular formula is C10H13ClN2O3S. The minimum Gasteiger partial charge on any atom is -0.477 e. The number of rotatable bonds is 2. The Balaban J connectivity index is 2.22. The van der Waals surface area contributed by atoms with E-state index in [-0.39, 0.29) is 22.2 Å². The fraction of sp³-hybridized carbons (Fsp3) is 0.600. The van der Waals surface area contributed by atoms with Gasteiger partial charge in [-0.1, -0.05) is 22.9 Å². The molecule has 7 heteroatoms. The van der Waals surface area contributed by atoms with Crippen LogP contribution in [0.4, 0.5) is 5.13 Å². The molecule has 17 heavy (non-hydrogen) atoms. The zero-order chi connectivity index (χ0) is 12.6. The van der Waals surface area contributed by atoms with Crippen molar-refractivity contribution in [2.45, 2.75) is 26.1 Å². The third kappa shape index (κ3) is 2.70. The number of nitrogens with zero attached hydrogens (tertiary/aromatic N) is 2. The van der Waals surface area contributed by atoms with Gasteiger partial charge in [0.25, 0.3) is 0 Å². The van der Waals surface area contributed by atoms with E-state index in [1.165, 1.54) is 0 Å². The van der Waals surface area contributed by atoms with Gasteiger partial charge >= 0.3 is 5.97 Å². The maximum atomic E-state index is 10.9. The maximum Gasteiger partial charge on any atom is 0.349 e. The summed E-state index contributed by atoms with van der Waals surface area (Å²) in [7, 11) is 0. The Hall–Kier alpha value is -0.850. The zero-order valence-electron chi connectivity index (χ0n) is 9.51. The first kappa shape index (κ1) is 12.6. The number of aromatic nitrogens is 1. The molecule has 2 atom stereocenters. The van der Waals surface area contributed by atoms with Crippen LogP contribution in [0.3, 0.4) is 0 Å². The summed E-state index contributed by atoms with van der Waals surface area (Å²) in [6, 6.07) is 0. The molecule has 0 saturated carbocycles. The lowest BCUT2D eigenvalue weighted by atomic mass is 10.2. The SMILES string of the molecule is CC1CN(c2nc(Cl)c(C(=O)O)s2)CC(C)O1. The van der Waals surface area contributed by atoms with Crippen molar-refractivity contribution in [3.63, 3.8) is 0 Å². The highest BCUT2D eigenvalue weighted by atomic mass is 35.5. The van der Waals surface area contributed by atoms with Gasteiger partial charge in [-0.3, -0.25) is 0 Å². The van der Waals surface area contributed by atoms with E-state index in [2.05, 4.69) is 4.98 Å². The lowest BCUT2D eigenvalue weighted by Crippen LogP contribution is -2.45. The molecule has 1 saturated heterocycles. The van der Waals surface area contributed by atoms with Gasteiger partial charge < -0.3 is 14.7 Å². The molecule has 0 aliphatic carbocycles. The maximum absolute atomic E-state index is 10.9. The Kier molecular flexibility index (Phi) is 3.56. The third-order valence-electron chi connectivity index (χ3n) is 2.46. The second-order valence-corrected chi connectivity index (χ2v) is 5.42. The minimum absolute atomic E-state index is 0.0595. The molecule has 0 radical (unpaired) electrons. The van der Waals surface area contributed by atoms with Gasteiger partial charge in [0.15, 0.2) is 15.2 Å². The van der Waals surface area contributed by atoms with Gasteiger partial charge in [-0.15, -0.1) is 0 Å². The van der Waals surface area contributed by atoms with Crippen molar-refractivity contribution in [1.82, 2.24) is 4.98 Å². The molecule has 2 heterocycles. The van der Waals surface area contributed by atoms with E-state index in [0.29, 0.717) is 18.2 Å². The van der Waals surface area contributed by atoms with Crippen molar-refractivity contribution >= 4 is 34.0 Å². The predicted molar refractivity (Wildman–Crippen MR) is 66.3 cm³/mol. The van der Waals surface area contributed by atoms with Crippen molar-refractivity contribution in [2.75, 3.05) is 18.0 Å². The summed E-state index contributed by atoms with van der Waals surface area (Å²) in [6.45, 7) is 5.37. The normalized spacial score (nSPS) is 25.0. The molecule has 0 spiro atoms. The summed E-state index contributed by atoms with van der Waals surface area (Å²) in [4.78, 5) is 17.1. The molecule has 0 amide bonds. The summed E-state index contributed by atoms with van der Waals surface area (Å²) in [5, 5.41) is 9.63. The molecular weight excluding hydrogens is 264 g/mol. The predicted octanol–water partition coefficient (Wildman–Crippen LogP) is 2.11. The quantitative estimate of drug-likeness (QED) is 0.896.